The van der Waals surface area contributed by atoms with Gasteiger partial charge in [0.25, 0.3) is 0 Å². The molecule has 0 amide bonds. The highest BCUT2D eigenvalue weighted by atomic mass is 79.9. The van der Waals surface area contributed by atoms with Gasteiger partial charge in [0, 0.05) is 0 Å². The molecule has 0 saturated carbocycles. The Morgan fingerprint density at radius 2 is 1.86 bits per heavy atom. The molecule has 0 N–H and O–H groups in total. The van der Waals surface area contributed by atoms with Gasteiger partial charge in [0.1, 0.15) is 0 Å². The number of hydrogen-bond donors (Lipinski definition) is 0. The molecule has 0 spiro atoms. The van der Waals surface area contributed by atoms with Crippen LogP contribution >= 0.6 is 15.9 Å². The lowest BCUT2D eigenvalue weighted by Gasteiger charge is -1.64. The van der Waals surface area contributed by atoms with Crippen LogP contribution in [-0.4, -0.2) is 0 Å². The smallest absolute Gasteiger partial charge is 0.0189 e. The van der Waals surface area contributed by atoms with Gasteiger partial charge in [-0.2, -0.15) is 0 Å². The minimum Gasteiger partial charge on any atom is -0.0991 e. The van der Waals surface area contributed by atoms with E-state index in [0.717, 1.165) is 0 Å². The Balaban J connectivity index is 3.27. The van der Waals surface area contributed by atoms with Gasteiger partial charge in [-0.25, -0.2) is 0 Å². The van der Waals surface area contributed by atoms with Crippen LogP contribution in [0.3, 0.4) is 0 Å². The Morgan fingerprint density at radius 1 is 1.14 bits per heavy atom. The Morgan fingerprint density at radius 3 is 2.29 bits per heavy atom. The van der Waals surface area contributed by atoms with E-state index in [1.165, 1.54) is 0 Å². The van der Waals surface area contributed by atoms with E-state index in [9.17, 15) is 0 Å². The highest BCUT2D eigenvalue weighted by Crippen LogP contribution is 1.82. The molecule has 0 rings (SSSR count). The van der Waals surface area contributed by atoms with Gasteiger partial charge >= 0.3 is 0 Å². The number of allylic oxidation sites excluding steroid dienone is 4. The fourth-order valence-electron chi connectivity index (χ4n) is 0.185. The molecule has 0 unspecified atom stereocenters. The van der Waals surface area contributed by atoms with E-state index in [-0.39, 0.29) is 0 Å². The maximum Gasteiger partial charge on any atom is -0.0189 e. The first-order chi connectivity index (χ1) is 3.41. The SMILES string of the molecule is C=C/C=C/C=C/Br. The fourth-order valence-corrected chi connectivity index (χ4v) is 0.361. The van der Waals surface area contributed by atoms with Gasteiger partial charge in [0.05, 0.1) is 0 Å². The molecule has 0 aliphatic carbocycles. The Kier molecular flexibility index (Phi) is 5.46. The van der Waals surface area contributed by atoms with Crippen molar-refractivity contribution in [2.75, 3.05) is 0 Å². The maximum absolute atomic E-state index is 3.50. The van der Waals surface area contributed by atoms with Crippen molar-refractivity contribution in [3.8, 4) is 0 Å². The van der Waals surface area contributed by atoms with E-state index in [1.807, 2.05) is 18.2 Å². The van der Waals surface area contributed by atoms with Crippen LogP contribution < -0.4 is 0 Å². The van der Waals surface area contributed by atoms with Gasteiger partial charge < -0.3 is 0 Å². The van der Waals surface area contributed by atoms with Gasteiger partial charge in [-0.1, -0.05) is 46.8 Å². The van der Waals surface area contributed by atoms with Crippen molar-refractivity contribution in [3.63, 3.8) is 0 Å². The minimum absolute atomic E-state index is 1.73. The zero-order valence-electron chi connectivity index (χ0n) is 3.97. The maximum atomic E-state index is 3.50. The molecule has 0 aromatic carbocycles. The second kappa shape index (κ2) is 5.70. The van der Waals surface area contributed by atoms with Crippen molar-refractivity contribution in [3.05, 3.63) is 35.9 Å². The van der Waals surface area contributed by atoms with Gasteiger partial charge in [0.15, 0.2) is 0 Å². The molecule has 0 heterocycles. The summed E-state index contributed by atoms with van der Waals surface area (Å²) in [5.74, 6) is 0. The van der Waals surface area contributed by atoms with Crippen molar-refractivity contribution in [2.24, 2.45) is 0 Å². The third-order valence-corrected chi connectivity index (χ3v) is 0.736. The van der Waals surface area contributed by atoms with E-state index in [1.54, 1.807) is 11.1 Å². The number of rotatable bonds is 2. The van der Waals surface area contributed by atoms with Crippen molar-refractivity contribution >= 4 is 15.9 Å². The molecule has 0 aliphatic heterocycles. The minimum atomic E-state index is 1.73. The summed E-state index contributed by atoms with van der Waals surface area (Å²) in [4.78, 5) is 1.78. The standard InChI is InChI=1S/C6H7Br/c1-2-3-4-5-6-7/h2-6H,1H2/b4-3+,6-5+. The van der Waals surface area contributed by atoms with Crippen LogP contribution in [0.25, 0.3) is 0 Å². The number of halogens is 1. The molecular formula is C6H7Br. The average Bonchev–Trinajstić information content (AvgIpc) is 1.69. The summed E-state index contributed by atoms with van der Waals surface area (Å²) in [6.07, 6.45) is 7.36. The van der Waals surface area contributed by atoms with Gasteiger partial charge in [-0.15, -0.1) is 0 Å². The van der Waals surface area contributed by atoms with Crippen LogP contribution in [0.15, 0.2) is 35.9 Å². The quantitative estimate of drug-likeness (QED) is 0.543. The van der Waals surface area contributed by atoms with E-state index in [0.29, 0.717) is 0 Å². The predicted octanol–water partition coefficient (Wildman–Crippen LogP) is 2.64. The molecular weight excluding hydrogens is 152 g/mol. The summed E-state index contributed by atoms with van der Waals surface area (Å²) in [6.45, 7) is 3.50. The third-order valence-electron chi connectivity index (χ3n) is 0.431. The second-order valence-electron chi connectivity index (χ2n) is 0.939. The van der Waals surface area contributed by atoms with Gasteiger partial charge in [0.2, 0.25) is 0 Å². The van der Waals surface area contributed by atoms with E-state index in [4.69, 9.17) is 0 Å². The second-order valence-corrected chi connectivity index (χ2v) is 1.47. The van der Waals surface area contributed by atoms with Crippen LogP contribution in [0, 0.1) is 0 Å². The van der Waals surface area contributed by atoms with E-state index >= 15 is 0 Å². The van der Waals surface area contributed by atoms with E-state index < -0.39 is 0 Å². The van der Waals surface area contributed by atoms with Crippen LogP contribution in [0.5, 0.6) is 0 Å². The Labute approximate surface area is 52.4 Å². The molecule has 0 radical (unpaired) electrons. The summed E-state index contributed by atoms with van der Waals surface area (Å²) >= 11 is 3.11. The third kappa shape index (κ3) is 5.70. The van der Waals surface area contributed by atoms with Crippen molar-refractivity contribution in [1.29, 1.82) is 0 Å². The highest BCUT2D eigenvalue weighted by molar-refractivity contribution is 9.11. The molecule has 0 atom stereocenters. The van der Waals surface area contributed by atoms with Crippen LogP contribution in [0.1, 0.15) is 0 Å². The zero-order valence-corrected chi connectivity index (χ0v) is 5.56. The summed E-state index contributed by atoms with van der Waals surface area (Å²) in [5.41, 5.74) is 0. The molecule has 0 nitrogen and oxygen atoms in total. The lowest BCUT2D eigenvalue weighted by molar-refractivity contribution is 1.97. The monoisotopic (exact) mass is 158 g/mol. The lowest BCUT2D eigenvalue weighted by atomic mass is 10.5. The molecule has 0 aromatic rings. The van der Waals surface area contributed by atoms with Gasteiger partial charge in [-0.3, -0.25) is 0 Å². The Hall–Kier alpha value is -0.300. The van der Waals surface area contributed by atoms with Crippen molar-refractivity contribution in [2.45, 2.75) is 0 Å². The molecule has 7 heavy (non-hydrogen) atoms. The average molecular weight is 159 g/mol. The summed E-state index contributed by atoms with van der Waals surface area (Å²) < 4.78 is 0. The van der Waals surface area contributed by atoms with E-state index in [2.05, 4.69) is 22.5 Å². The largest absolute Gasteiger partial charge is 0.0991 e. The first-order valence-corrected chi connectivity index (χ1v) is 2.88. The zero-order chi connectivity index (χ0) is 5.54. The Bertz CT molecular complexity index is 90.4. The van der Waals surface area contributed by atoms with Crippen LogP contribution in [-0.2, 0) is 0 Å². The molecule has 0 bridgehead atoms. The first kappa shape index (κ1) is 6.70. The summed E-state index contributed by atoms with van der Waals surface area (Å²) in [5, 5.41) is 0. The molecule has 1 heteroatoms. The first-order valence-electron chi connectivity index (χ1n) is 1.96. The molecule has 0 fully saturated rings. The van der Waals surface area contributed by atoms with Crippen molar-refractivity contribution < 1.29 is 0 Å². The van der Waals surface area contributed by atoms with Crippen LogP contribution in [0.4, 0.5) is 0 Å². The molecule has 38 valence electrons. The number of hydrogen-bond acceptors (Lipinski definition) is 0. The normalized spacial score (nSPS) is 11.0. The summed E-state index contributed by atoms with van der Waals surface area (Å²) in [7, 11) is 0. The van der Waals surface area contributed by atoms with Gasteiger partial charge in [-0.05, 0) is 4.99 Å². The van der Waals surface area contributed by atoms with Crippen molar-refractivity contribution in [1.82, 2.24) is 0 Å². The lowest BCUT2D eigenvalue weighted by Crippen LogP contribution is -1.40. The fraction of sp³-hybridized carbons (Fsp3) is 0. The van der Waals surface area contributed by atoms with Crippen LogP contribution in [0.2, 0.25) is 0 Å². The molecule has 0 aliphatic rings. The topological polar surface area (TPSA) is 0 Å². The molecule has 0 saturated heterocycles. The predicted molar refractivity (Wildman–Crippen MR) is 37.4 cm³/mol. The highest BCUT2D eigenvalue weighted by Gasteiger charge is 1.53. The molecule has 0 aromatic heterocycles. The summed E-state index contributed by atoms with van der Waals surface area (Å²) in [6, 6.07) is 0.